The van der Waals surface area contributed by atoms with Crippen molar-refractivity contribution in [3.8, 4) is 22.3 Å². The molecule has 0 atom stereocenters. The molecule has 8 aromatic carbocycles. The van der Waals surface area contributed by atoms with Crippen molar-refractivity contribution in [1.29, 1.82) is 0 Å². The van der Waals surface area contributed by atoms with Crippen molar-refractivity contribution in [1.82, 2.24) is 0 Å². The number of nitrogens with zero attached hydrogens (tertiary/aromatic N) is 1. The molecule has 0 radical (unpaired) electrons. The largest absolute Gasteiger partial charge is 0.456 e. The number of furan rings is 2. The molecule has 49 heavy (non-hydrogen) atoms. The van der Waals surface area contributed by atoms with Gasteiger partial charge in [-0.3, -0.25) is 0 Å². The smallest absolute Gasteiger partial charge is 0.137 e. The highest BCUT2D eigenvalue weighted by atomic mass is 16.3. The van der Waals surface area contributed by atoms with Gasteiger partial charge in [0.05, 0.1) is 11.1 Å². The minimum atomic E-state index is 0.872. The second-order valence-electron chi connectivity index (χ2n) is 12.5. The summed E-state index contributed by atoms with van der Waals surface area (Å²) in [6.45, 7) is 0. The minimum Gasteiger partial charge on any atom is -0.456 e. The van der Waals surface area contributed by atoms with Gasteiger partial charge in [-0.15, -0.1) is 0 Å². The lowest BCUT2D eigenvalue weighted by Gasteiger charge is -2.26. The highest BCUT2D eigenvalue weighted by molar-refractivity contribution is 6.19. The number of hydrogen-bond acceptors (Lipinski definition) is 3. The highest BCUT2D eigenvalue weighted by Crippen LogP contribution is 2.44. The Hall–Kier alpha value is -6.58. The predicted molar refractivity (Wildman–Crippen MR) is 204 cm³/mol. The zero-order valence-corrected chi connectivity index (χ0v) is 26.5. The van der Waals surface area contributed by atoms with Crippen LogP contribution in [0.25, 0.3) is 76.9 Å². The van der Waals surface area contributed by atoms with Gasteiger partial charge in [0.25, 0.3) is 0 Å². The molecule has 0 unspecified atom stereocenters. The molecule has 0 saturated carbocycles. The Morgan fingerprint density at radius 3 is 1.55 bits per heavy atom. The van der Waals surface area contributed by atoms with E-state index in [0.29, 0.717) is 0 Å². The lowest BCUT2D eigenvalue weighted by Crippen LogP contribution is -2.10. The van der Waals surface area contributed by atoms with Gasteiger partial charge in [-0.1, -0.05) is 115 Å². The lowest BCUT2D eigenvalue weighted by molar-refractivity contribution is 0.668. The maximum atomic E-state index is 6.32. The molecule has 0 bridgehead atoms. The van der Waals surface area contributed by atoms with Gasteiger partial charge in [-0.05, 0) is 93.7 Å². The molecule has 3 heteroatoms. The molecule has 0 N–H and O–H groups in total. The van der Waals surface area contributed by atoms with E-state index in [0.717, 1.165) is 61.1 Å². The van der Waals surface area contributed by atoms with Crippen molar-refractivity contribution in [2.24, 2.45) is 0 Å². The first-order chi connectivity index (χ1) is 24.3. The Morgan fingerprint density at radius 2 is 0.857 bits per heavy atom. The van der Waals surface area contributed by atoms with E-state index in [1.54, 1.807) is 0 Å². The number of rotatable bonds is 5. The molecule has 0 aliphatic carbocycles. The van der Waals surface area contributed by atoms with Gasteiger partial charge in [0.2, 0.25) is 0 Å². The summed E-state index contributed by atoms with van der Waals surface area (Å²) in [6.07, 6.45) is 0. The first-order valence-electron chi connectivity index (χ1n) is 16.6. The fourth-order valence-electron chi connectivity index (χ4n) is 7.34. The third-order valence-electron chi connectivity index (χ3n) is 9.67. The molecule has 0 aliphatic heterocycles. The van der Waals surface area contributed by atoms with Gasteiger partial charge < -0.3 is 13.7 Å². The average molecular weight is 628 g/mol. The molecule has 0 fully saturated rings. The van der Waals surface area contributed by atoms with Gasteiger partial charge in [0, 0.05) is 27.5 Å². The van der Waals surface area contributed by atoms with E-state index in [-0.39, 0.29) is 0 Å². The van der Waals surface area contributed by atoms with Crippen molar-refractivity contribution in [3.63, 3.8) is 0 Å². The van der Waals surface area contributed by atoms with Crippen molar-refractivity contribution in [2.75, 3.05) is 4.90 Å². The van der Waals surface area contributed by atoms with Crippen LogP contribution >= 0.6 is 0 Å². The van der Waals surface area contributed by atoms with Crippen LogP contribution in [0.5, 0.6) is 0 Å². The van der Waals surface area contributed by atoms with Crippen molar-refractivity contribution in [3.05, 3.63) is 176 Å². The van der Waals surface area contributed by atoms with Crippen molar-refractivity contribution >= 4 is 71.7 Å². The summed E-state index contributed by atoms with van der Waals surface area (Å²) in [5.41, 5.74) is 11.5. The number of para-hydroxylation sites is 2. The molecule has 0 spiro atoms. The molecule has 2 aromatic heterocycles. The first kappa shape index (κ1) is 27.5. The Balaban J connectivity index is 1.09. The molecular formula is C46H29NO2. The molecule has 10 rings (SSSR count). The maximum absolute atomic E-state index is 6.32. The summed E-state index contributed by atoms with van der Waals surface area (Å²) in [7, 11) is 0. The fourth-order valence-corrected chi connectivity index (χ4v) is 7.34. The third kappa shape index (κ3) is 4.51. The van der Waals surface area contributed by atoms with Crippen LogP contribution in [0.15, 0.2) is 185 Å². The Bertz CT molecular complexity index is 2810. The molecule has 0 aliphatic rings. The molecule has 3 nitrogen and oxygen atoms in total. The van der Waals surface area contributed by atoms with Crippen LogP contribution in [-0.4, -0.2) is 0 Å². The van der Waals surface area contributed by atoms with Crippen LogP contribution < -0.4 is 4.90 Å². The van der Waals surface area contributed by atoms with Crippen LogP contribution in [0.4, 0.5) is 17.1 Å². The van der Waals surface area contributed by atoms with Crippen LogP contribution in [-0.2, 0) is 0 Å². The topological polar surface area (TPSA) is 29.5 Å². The van der Waals surface area contributed by atoms with Crippen LogP contribution in [0.3, 0.4) is 0 Å². The monoisotopic (exact) mass is 627 g/mol. The second kappa shape index (κ2) is 11.0. The van der Waals surface area contributed by atoms with E-state index in [2.05, 4.69) is 157 Å². The van der Waals surface area contributed by atoms with E-state index in [9.17, 15) is 0 Å². The summed E-state index contributed by atoms with van der Waals surface area (Å²) in [4.78, 5) is 2.34. The van der Waals surface area contributed by atoms with Crippen molar-refractivity contribution in [2.45, 2.75) is 0 Å². The molecule has 230 valence electrons. The molecular weight excluding hydrogens is 599 g/mol. The summed E-state index contributed by atoms with van der Waals surface area (Å²) in [6, 6.07) is 62.1. The van der Waals surface area contributed by atoms with Crippen LogP contribution in [0.2, 0.25) is 0 Å². The number of fused-ring (bicyclic) bond motifs is 8. The average Bonchev–Trinajstić information content (AvgIpc) is 3.75. The van der Waals surface area contributed by atoms with E-state index >= 15 is 0 Å². The van der Waals surface area contributed by atoms with Crippen LogP contribution in [0, 0.1) is 0 Å². The van der Waals surface area contributed by atoms with Gasteiger partial charge >= 0.3 is 0 Å². The normalized spacial score (nSPS) is 11.7. The van der Waals surface area contributed by atoms with E-state index < -0.39 is 0 Å². The SMILES string of the molecule is c1ccc(-c2ccc(N(c3ccc(-c4ccc5c(ccc6oc7ccccc7c65)c4)cc3)c3cccc4oc5ccccc5c34)cc2)cc1. The van der Waals surface area contributed by atoms with E-state index in [1.165, 1.54) is 32.8 Å². The Kier molecular flexibility index (Phi) is 6.18. The highest BCUT2D eigenvalue weighted by Gasteiger charge is 2.20. The summed E-state index contributed by atoms with van der Waals surface area (Å²) in [5, 5.41) is 6.92. The predicted octanol–water partition coefficient (Wildman–Crippen LogP) is 13.4. The number of hydrogen-bond donors (Lipinski definition) is 0. The van der Waals surface area contributed by atoms with E-state index in [1.807, 2.05) is 24.3 Å². The van der Waals surface area contributed by atoms with E-state index in [4.69, 9.17) is 8.83 Å². The Labute approximate surface area is 282 Å². The summed E-state index contributed by atoms with van der Waals surface area (Å²) in [5.74, 6) is 0. The third-order valence-corrected chi connectivity index (χ3v) is 9.67. The molecule has 10 aromatic rings. The number of anilines is 3. The zero-order valence-electron chi connectivity index (χ0n) is 26.5. The quantitative estimate of drug-likeness (QED) is 0.190. The summed E-state index contributed by atoms with van der Waals surface area (Å²) >= 11 is 0. The fraction of sp³-hybridized carbons (Fsp3) is 0. The van der Waals surface area contributed by atoms with Crippen molar-refractivity contribution < 1.29 is 8.83 Å². The standard InChI is InChI=1S/C46H29NO2/c1-2-9-30(10-3-1)31-17-23-35(24-18-31)47(40-13-8-16-43-46(40)39-12-5-7-15-42(39)48-43)36-25-19-32(20-26-36)33-21-27-37-34(29-33)22-28-44-45(37)38-11-4-6-14-41(38)49-44/h1-29H. The van der Waals surface area contributed by atoms with Crippen LogP contribution in [0.1, 0.15) is 0 Å². The maximum Gasteiger partial charge on any atom is 0.137 e. The molecule has 0 saturated heterocycles. The first-order valence-corrected chi connectivity index (χ1v) is 16.6. The molecule has 2 heterocycles. The van der Waals surface area contributed by atoms with Gasteiger partial charge in [0.15, 0.2) is 0 Å². The molecule has 0 amide bonds. The minimum absolute atomic E-state index is 0.872. The van der Waals surface area contributed by atoms with Gasteiger partial charge in [-0.2, -0.15) is 0 Å². The Morgan fingerprint density at radius 1 is 0.327 bits per heavy atom. The zero-order chi connectivity index (χ0) is 32.3. The number of benzene rings is 8. The second-order valence-corrected chi connectivity index (χ2v) is 12.5. The van der Waals surface area contributed by atoms with Gasteiger partial charge in [-0.25, -0.2) is 0 Å². The lowest BCUT2D eigenvalue weighted by atomic mass is 9.98. The summed E-state index contributed by atoms with van der Waals surface area (Å²) < 4.78 is 12.5. The van der Waals surface area contributed by atoms with Gasteiger partial charge in [0.1, 0.15) is 22.3 Å².